The van der Waals surface area contributed by atoms with Crippen LogP contribution in [0.3, 0.4) is 0 Å². The Morgan fingerprint density at radius 2 is 1.42 bits per heavy atom. The lowest BCUT2D eigenvalue weighted by molar-refractivity contribution is -0.531. The van der Waals surface area contributed by atoms with E-state index >= 15 is 0 Å². The molecule has 0 aromatic heterocycles. The molecule has 3 aliphatic rings. The zero-order valence-corrected chi connectivity index (χ0v) is 24.3. The number of rotatable bonds is 11. The first kappa shape index (κ1) is 36.3. The van der Waals surface area contributed by atoms with Crippen LogP contribution in [0.25, 0.3) is 0 Å². The second kappa shape index (κ2) is 14.9. The average Bonchev–Trinajstić information content (AvgIpc) is 2.93. The van der Waals surface area contributed by atoms with Crippen molar-refractivity contribution in [1.29, 1.82) is 0 Å². The van der Waals surface area contributed by atoms with E-state index in [4.69, 9.17) is 28.2 Å². The Bertz CT molecular complexity index is 1020. The lowest BCUT2D eigenvalue weighted by Crippen LogP contribution is -2.72. The third-order valence-electron chi connectivity index (χ3n) is 7.47. The summed E-state index contributed by atoms with van der Waals surface area (Å²) in [4.78, 5) is 13.7. The van der Waals surface area contributed by atoms with E-state index in [-0.39, 0.29) is 6.54 Å². The van der Waals surface area contributed by atoms with Crippen molar-refractivity contribution in [3.8, 4) is 0 Å². The Kier molecular flexibility index (Phi) is 12.6. The van der Waals surface area contributed by atoms with Gasteiger partial charge in [-0.05, 0) is 13.3 Å². The van der Waals surface area contributed by atoms with Crippen molar-refractivity contribution in [3.63, 3.8) is 0 Å². The third kappa shape index (κ3) is 8.16. The van der Waals surface area contributed by atoms with Gasteiger partial charge in [-0.2, -0.15) is 8.42 Å². The summed E-state index contributed by atoms with van der Waals surface area (Å²) in [7, 11) is -5.26. The molecule has 0 aromatic rings. The zero-order chi connectivity index (χ0) is 32.4. The molecular formula is C23H40NO18S-. The quantitative estimate of drug-likeness (QED) is 0.0965. The molecule has 3 fully saturated rings. The minimum absolute atomic E-state index is 0.00407. The summed E-state index contributed by atoms with van der Waals surface area (Å²) >= 11 is 0. The van der Waals surface area contributed by atoms with Gasteiger partial charge in [0.25, 0.3) is 0 Å². The number of carbonyl (C=O) groups is 1. The van der Waals surface area contributed by atoms with Crippen LogP contribution in [0.4, 0.5) is 0 Å². The van der Waals surface area contributed by atoms with Crippen LogP contribution in [-0.4, -0.2) is 171 Å². The molecule has 0 radical (unpaired) electrons. The van der Waals surface area contributed by atoms with E-state index in [0.29, 0.717) is 6.42 Å². The summed E-state index contributed by atoms with van der Waals surface area (Å²) in [5.74, 6) is -0.612. The smallest absolute Gasteiger partial charge is 0.397 e. The third-order valence-corrected chi connectivity index (χ3v) is 7.93. The number of aliphatic hydroxyl groups excluding tert-OH is 7. The molecule has 0 unspecified atom stereocenters. The second-order valence-corrected chi connectivity index (χ2v) is 11.6. The minimum atomic E-state index is -5.26. The fourth-order valence-corrected chi connectivity index (χ4v) is 5.81. The fraction of sp³-hybridized carbons (Fsp3) is 0.957. The Morgan fingerprint density at radius 1 is 0.837 bits per heavy atom. The normalized spacial score (nSPS) is 44.2. The highest BCUT2D eigenvalue weighted by atomic mass is 32.3. The van der Waals surface area contributed by atoms with E-state index in [1.807, 2.05) is 0 Å². The Morgan fingerprint density at radius 3 is 1.95 bits per heavy atom. The molecule has 252 valence electrons. The molecule has 0 aliphatic carbocycles. The molecule has 8 N–H and O–H groups in total. The largest absolute Gasteiger partial charge is 0.829 e. The van der Waals surface area contributed by atoms with Crippen LogP contribution in [0, 0.1) is 0 Å². The summed E-state index contributed by atoms with van der Waals surface area (Å²) in [6.45, 7) is 2.34. The average molecular weight is 651 g/mol. The van der Waals surface area contributed by atoms with E-state index in [2.05, 4.69) is 4.18 Å². The van der Waals surface area contributed by atoms with Crippen LogP contribution in [0.5, 0.6) is 0 Å². The Labute approximate surface area is 247 Å². The summed E-state index contributed by atoms with van der Waals surface area (Å²) in [6.07, 6.45) is -24.7. The molecule has 0 bridgehead atoms. The molecule has 3 heterocycles. The van der Waals surface area contributed by atoms with Gasteiger partial charge in [-0.3, -0.25) is 9.35 Å². The Hall–Kier alpha value is -1.18. The van der Waals surface area contributed by atoms with Crippen LogP contribution >= 0.6 is 0 Å². The number of ether oxygens (including phenoxy) is 5. The van der Waals surface area contributed by atoms with E-state index < -0.39 is 122 Å². The lowest BCUT2D eigenvalue weighted by atomic mass is 9.93. The van der Waals surface area contributed by atoms with Crippen molar-refractivity contribution >= 4 is 16.3 Å². The Balaban J connectivity index is 2.05. The molecule has 0 aromatic carbocycles. The molecule has 15 atom stereocenters. The SMILES string of the molecule is CCCN(C(C)=O)[C@@H]1[C@@H](O[C@@H]2O[C@@H](C)[C@@H](O)[C@@H](O)[C@@H]2O)[C@H](O[C@@H]2O[C@H](CO)[C@H](O)[C@H](OS(=O)(=O)O)[C@H]2O)[C@@H](CO)O[C@H]1[O-]. The van der Waals surface area contributed by atoms with Crippen molar-refractivity contribution < 1.29 is 86.5 Å². The van der Waals surface area contributed by atoms with Crippen molar-refractivity contribution in [3.05, 3.63) is 0 Å². The highest BCUT2D eigenvalue weighted by molar-refractivity contribution is 7.80. The molecular weight excluding hydrogens is 610 g/mol. The van der Waals surface area contributed by atoms with Crippen LogP contribution in [0.2, 0.25) is 0 Å². The van der Waals surface area contributed by atoms with E-state index in [1.165, 1.54) is 6.92 Å². The molecule has 1 amide bonds. The number of aliphatic hydroxyl groups is 7. The van der Waals surface area contributed by atoms with Gasteiger partial charge in [0, 0.05) is 19.8 Å². The van der Waals surface area contributed by atoms with Crippen LogP contribution in [0.15, 0.2) is 0 Å². The van der Waals surface area contributed by atoms with Crippen molar-refractivity contribution in [2.24, 2.45) is 0 Å². The van der Waals surface area contributed by atoms with Crippen LogP contribution in [0.1, 0.15) is 27.2 Å². The first-order valence-electron chi connectivity index (χ1n) is 13.5. The molecule has 20 heteroatoms. The maximum Gasteiger partial charge on any atom is 0.397 e. The molecule has 3 saturated heterocycles. The summed E-state index contributed by atoms with van der Waals surface area (Å²) in [5.41, 5.74) is 0. The molecule has 3 aliphatic heterocycles. The first-order chi connectivity index (χ1) is 20.1. The zero-order valence-electron chi connectivity index (χ0n) is 23.5. The molecule has 3 rings (SSSR count). The standard InChI is InChI=1S/C23H40NO18S/c1-4-5-24(9(3)27)12-19(41-22-16(31)15(30)13(28)8(2)37-22)18(11(7-26)38-21(12)33)40-23-17(32)20(42-43(34,35)36)14(29)10(6-25)39-23/h8,10-23,25-26,28-32H,4-7H2,1-3H3,(H,34,35,36)/q-1/t8-,10+,11+,12+,13+,14-,15+,16-,17+,18+,19+,20-,21+,22-,23-/m0/s1. The topological polar surface area (TPSA) is 295 Å². The summed E-state index contributed by atoms with van der Waals surface area (Å²) in [6, 6.07) is -1.56. The predicted molar refractivity (Wildman–Crippen MR) is 133 cm³/mol. The molecule has 43 heavy (non-hydrogen) atoms. The van der Waals surface area contributed by atoms with Crippen molar-refractivity contribution in [2.75, 3.05) is 19.8 Å². The van der Waals surface area contributed by atoms with Gasteiger partial charge in [0.1, 0.15) is 61.0 Å². The molecule has 0 saturated carbocycles. The maximum absolute atomic E-state index is 13.3. The van der Waals surface area contributed by atoms with Gasteiger partial charge in [-0.25, -0.2) is 4.18 Å². The number of nitrogens with zero attached hydrogens (tertiary/aromatic N) is 1. The van der Waals surface area contributed by atoms with Crippen LogP contribution < -0.4 is 5.11 Å². The van der Waals surface area contributed by atoms with Gasteiger partial charge in [0.15, 0.2) is 12.6 Å². The van der Waals surface area contributed by atoms with E-state index in [9.17, 15) is 54.1 Å². The van der Waals surface area contributed by atoms with Gasteiger partial charge < -0.3 is 69.4 Å². The number of carbonyl (C=O) groups excluding carboxylic acids is 1. The number of hydrogen-bond donors (Lipinski definition) is 8. The highest BCUT2D eigenvalue weighted by Gasteiger charge is 2.54. The minimum Gasteiger partial charge on any atom is -0.829 e. The lowest BCUT2D eigenvalue weighted by Gasteiger charge is -2.54. The summed E-state index contributed by atoms with van der Waals surface area (Å²) < 4.78 is 64.4. The van der Waals surface area contributed by atoms with Crippen LogP contribution in [-0.2, 0) is 43.1 Å². The van der Waals surface area contributed by atoms with Gasteiger partial charge in [0.05, 0.1) is 25.4 Å². The van der Waals surface area contributed by atoms with Crippen molar-refractivity contribution in [1.82, 2.24) is 4.90 Å². The highest BCUT2D eigenvalue weighted by Crippen LogP contribution is 2.35. The predicted octanol–water partition coefficient (Wildman–Crippen LogP) is -6.08. The monoisotopic (exact) mass is 650 g/mol. The molecule has 19 nitrogen and oxygen atoms in total. The summed E-state index contributed by atoms with van der Waals surface area (Å²) in [5, 5.41) is 85.3. The van der Waals surface area contributed by atoms with E-state index in [1.54, 1.807) is 6.92 Å². The maximum atomic E-state index is 13.3. The molecule has 0 spiro atoms. The van der Waals surface area contributed by atoms with Gasteiger partial charge in [-0.15, -0.1) is 0 Å². The van der Waals surface area contributed by atoms with Gasteiger partial charge in [0.2, 0.25) is 5.91 Å². The number of amides is 1. The fourth-order valence-electron chi connectivity index (χ4n) is 5.30. The van der Waals surface area contributed by atoms with E-state index in [0.717, 1.165) is 11.8 Å². The van der Waals surface area contributed by atoms with Crippen molar-refractivity contribution in [2.45, 2.75) is 119 Å². The number of hydrogen-bond acceptors (Lipinski definition) is 17. The first-order valence-corrected chi connectivity index (χ1v) is 14.9. The second-order valence-electron chi connectivity index (χ2n) is 10.5. The van der Waals surface area contributed by atoms with Gasteiger partial charge >= 0.3 is 10.4 Å². The van der Waals surface area contributed by atoms with Gasteiger partial charge in [-0.1, -0.05) is 6.92 Å².